The van der Waals surface area contributed by atoms with Crippen molar-refractivity contribution in [2.24, 2.45) is 0 Å². The molecular formula is C32H35N3O7S. The highest BCUT2D eigenvalue weighted by atomic mass is 32.2. The molecule has 2 fully saturated rings. The minimum Gasteiger partial charge on any atom is -0.507 e. The van der Waals surface area contributed by atoms with Crippen LogP contribution in [0, 0.1) is 0 Å². The number of ketones is 1. The number of morpholine rings is 1. The van der Waals surface area contributed by atoms with Gasteiger partial charge < -0.3 is 19.5 Å². The quantitative estimate of drug-likeness (QED) is 0.213. The van der Waals surface area contributed by atoms with Gasteiger partial charge in [-0.25, -0.2) is 12.7 Å². The number of amides is 1. The number of ether oxygens (including phenoxy) is 2. The largest absolute Gasteiger partial charge is 0.507 e. The molecule has 1 atom stereocenters. The Hall–Kier alpha value is -4.03. The fourth-order valence-corrected chi connectivity index (χ4v) is 6.14. The standard InChI is InChI=1S/C32H35N3O7S/c1-33(2)43(39,40)27-10-6-9-25(21-27)30(36)28-29(35(32(38)31(28)37)16-15-34-17-19-41-20-18-34)24-11-13-26(14-12-24)42-22-23-7-4-3-5-8-23/h3-14,21,29,36H,15-20,22H2,1-2H3/t29-/m0/s1. The summed E-state index contributed by atoms with van der Waals surface area (Å²) in [5, 5.41) is 11.5. The smallest absolute Gasteiger partial charge is 0.295 e. The van der Waals surface area contributed by atoms with Gasteiger partial charge in [-0.1, -0.05) is 54.6 Å². The van der Waals surface area contributed by atoms with Crippen LogP contribution in [-0.2, 0) is 31.0 Å². The van der Waals surface area contributed by atoms with Gasteiger partial charge in [-0.2, -0.15) is 0 Å². The third-order valence-corrected chi connectivity index (χ3v) is 9.44. The van der Waals surface area contributed by atoms with Crippen LogP contribution in [0.1, 0.15) is 22.7 Å². The van der Waals surface area contributed by atoms with Crippen LogP contribution in [-0.4, -0.2) is 92.8 Å². The number of rotatable bonds is 10. The van der Waals surface area contributed by atoms with Gasteiger partial charge in [0.1, 0.15) is 18.1 Å². The average molecular weight is 606 g/mol. The monoisotopic (exact) mass is 605 g/mol. The minimum absolute atomic E-state index is 0.0421. The van der Waals surface area contributed by atoms with E-state index in [-0.39, 0.29) is 22.6 Å². The molecule has 2 heterocycles. The summed E-state index contributed by atoms with van der Waals surface area (Å²) in [5.41, 5.74) is 1.67. The van der Waals surface area contributed by atoms with Gasteiger partial charge in [0.05, 0.1) is 29.7 Å². The Kier molecular flexibility index (Phi) is 9.26. The van der Waals surface area contributed by atoms with Crippen LogP contribution >= 0.6 is 0 Å². The molecule has 0 bridgehead atoms. The molecule has 0 aromatic heterocycles. The highest BCUT2D eigenvalue weighted by molar-refractivity contribution is 7.89. The van der Waals surface area contributed by atoms with E-state index in [4.69, 9.17) is 9.47 Å². The normalized spacial score (nSPS) is 19.2. The number of hydrogen-bond donors (Lipinski definition) is 1. The van der Waals surface area contributed by atoms with Gasteiger partial charge in [-0.3, -0.25) is 14.5 Å². The highest BCUT2D eigenvalue weighted by Gasteiger charge is 2.46. The van der Waals surface area contributed by atoms with Crippen molar-refractivity contribution in [3.05, 3.63) is 101 Å². The maximum atomic E-state index is 13.5. The molecule has 0 unspecified atom stereocenters. The van der Waals surface area contributed by atoms with Crippen LogP contribution in [0.4, 0.5) is 0 Å². The lowest BCUT2D eigenvalue weighted by Crippen LogP contribution is -2.42. The van der Waals surface area contributed by atoms with Gasteiger partial charge in [-0.05, 0) is 35.4 Å². The first-order chi connectivity index (χ1) is 20.7. The zero-order valence-electron chi connectivity index (χ0n) is 24.2. The topological polar surface area (TPSA) is 117 Å². The molecule has 1 amide bonds. The van der Waals surface area contributed by atoms with Crippen LogP contribution in [0.5, 0.6) is 5.75 Å². The summed E-state index contributed by atoms with van der Waals surface area (Å²) in [6.07, 6.45) is 0. The number of Topliss-reactive ketones (excluding diaryl/α,β-unsaturated/α-hetero) is 1. The maximum Gasteiger partial charge on any atom is 0.295 e. The van der Waals surface area contributed by atoms with E-state index in [1.807, 2.05) is 30.3 Å². The Morgan fingerprint density at radius 2 is 1.65 bits per heavy atom. The molecule has 0 aliphatic carbocycles. The van der Waals surface area contributed by atoms with Gasteiger partial charge >= 0.3 is 0 Å². The van der Waals surface area contributed by atoms with E-state index in [0.717, 1.165) is 23.0 Å². The molecule has 10 nitrogen and oxygen atoms in total. The maximum absolute atomic E-state index is 13.5. The first kappa shape index (κ1) is 30.4. The number of carbonyl (C=O) groups excluding carboxylic acids is 2. The van der Waals surface area contributed by atoms with Gasteiger partial charge in [0.25, 0.3) is 11.7 Å². The van der Waals surface area contributed by atoms with Gasteiger partial charge in [0, 0.05) is 45.8 Å². The number of benzene rings is 3. The van der Waals surface area contributed by atoms with Crippen LogP contribution in [0.2, 0.25) is 0 Å². The molecule has 0 radical (unpaired) electrons. The highest BCUT2D eigenvalue weighted by Crippen LogP contribution is 2.40. The molecule has 11 heteroatoms. The minimum atomic E-state index is -3.80. The predicted octanol–water partition coefficient (Wildman–Crippen LogP) is 3.27. The molecule has 43 heavy (non-hydrogen) atoms. The second-order valence-corrected chi connectivity index (χ2v) is 12.8. The number of sulfonamides is 1. The Labute approximate surface area is 251 Å². The van der Waals surface area contributed by atoms with Gasteiger partial charge in [0.2, 0.25) is 10.0 Å². The van der Waals surface area contributed by atoms with Crippen molar-refractivity contribution in [2.45, 2.75) is 17.5 Å². The number of carbonyl (C=O) groups is 2. The van der Waals surface area contributed by atoms with Gasteiger partial charge in [-0.15, -0.1) is 0 Å². The van der Waals surface area contributed by atoms with Crippen LogP contribution in [0.25, 0.3) is 5.76 Å². The molecule has 3 aromatic carbocycles. The molecule has 226 valence electrons. The fraction of sp³-hybridized carbons (Fsp3) is 0.312. The Balaban J connectivity index is 1.50. The molecule has 2 saturated heterocycles. The lowest BCUT2D eigenvalue weighted by Gasteiger charge is -2.31. The van der Waals surface area contributed by atoms with Crippen molar-refractivity contribution in [1.29, 1.82) is 0 Å². The Morgan fingerprint density at radius 3 is 2.33 bits per heavy atom. The summed E-state index contributed by atoms with van der Waals surface area (Å²) in [4.78, 5) is 30.5. The average Bonchev–Trinajstić information content (AvgIpc) is 3.28. The van der Waals surface area contributed by atoms with Crippen LogP contribution in [0.15, 0.2) is 89.3 Å². The molecule has 3 aromatic rings. The van der Waals surface area contributed by atoms with Crippen molar-refractivity contribution < 1.29 is 32.6 Å². The molecule has 2 aliphatic rings. The molecule has 0 spiro atoms. The second kappa shape index (κ2) is 13.1. The van der Waals surface area contributed by atoms with E-state index in [1.54, 1.807) is 24.3 Å². The zero-order chi connectivity index (χ0) is 30.6. The van der Waals surface area contributed by atoms with Crippen molar-refractivity contribution >= 4 is 27.5 Å². The summed E-state index contributed by atoms with van der Waals surface area (Å²) in [5.74, 6) is -1.37. The summed E-state index contributed by atoms with van der Waals surface area (Å²) in [6, 6.07) is 21.7. The van der Waals surface area contributed by atoms with Crippen molar-refractivity contribution in [1.82, 2.24) is 14.1 Å². The Bertz CT molecular complexity index is 1600. The molecule has 1 N–H and O–H groups in total. The number of aliphatic hydroxyl groups excluding tert-OH is 1. The first-order valence-electron chi connectivity index (χ1n) is 14.0. The van der Waals surface area contributed by atoms with Crippen LogP contribution < -0.4 is 4.74 Å². The van der Waals surface area contributed by atoms with E-state index < -0.39 is 33.5 Å². The summed E-state index contributed by atoms with van der Waals surface area (Å²) < 4.78 is 38.0. The molecule has 2 aliphatic heterocycles. The van der Waals surface area contributed by atoms with Crippen LogP contribution in [0.3, 0.4) is 0 Å². The number of nitrogens with zero attached hydrogens (tertiary/aromatic N) is 3. The van der Waals surface area contributed by atoms with Crippen molar-refractivity contribution in [3.63, 3.8) is 0 Å². The lowest BCUT2D eigenvalue weighted by molar-refractivity contribution is -0.140. The summed E-state index contributed by atoms with van der Waals surface area (Å²) >= 11 is 0. The lowest BCUT2D eigenvalue weighted by atomic mass is 9.95. The van der Waals surface area contributed by atoms with E-state index in [2.05, 4.69) is 4.90 Å². The fourth-order valence-electron chi connectivity index (χ4n) is 5.19. The van der Waals surface area contributed by atoms with E-state index in [1.165, 1.54) is 43.3 Å². The predicted molar refractivity (Wildman–Crippen MR) is 161 cm³/mol. The Morgan fingerprint density at radius 1 is 0.953 bits per heavy atom. The summed E-state index contributed by atoms with van der Waals surface area (Å²) in [7, 11) is -0.977. The number of aliphatic hydroxyl groups is 1. The molecule has 5 rings (SSSR count). The SMILES string of the molecule is CN(C)S(=O)(=O)c1cccc(C(O)=C2C(=O)C(=O)N(CCN3CCOCC3)[C@H]2c2ccc(OCc3ccccc3)cc2)c1. The third kappa shape index (κ3) is 6.65. The van der Waals surface area contributed by atoms with Crippen molar-refractivity contribution in [2.75, 3.05) is 53.5 Å². The molecular weight excluding hydrogens is 570 g/mol. The van der Waals surface area contributed by atoms with E-state index in [0.29, 0.717) is 37.7 Å². The first-order valence-corrected chi connectivity index (χ1v) is 15.5. The van der Waals surface area contributed by atoms with Gasteiger partial charge in [0.15, 0.2) is 0 Å². The molecule has 0 saturated carbocycles. The number of hydrogen-bond acceptors (Lipinski definition) is 8. The zero-order valence-corrected chi connectivity index (χ0v) is 25.0. The number of likely N-dealkylation sites (tertiary alicyclic amines) is 1. The third-order valence-electron chi connectivity index (χ3n) is 7.63. The second-order valence-electron chi connectivity index (χ2n) is 10.6. The van der Waals surface area contributed by atoms with E-state index in [9.17, 15) is 23.1 Å². The summed E-state index contributed by atoms with van der Waals surface area (Å²) in [6.45, 7) is 3.79. The van der Waals surface area contributed by atoms with E-state index >= 15 is 0 Å². The van der Waals surface area contributed by atoms with Crippen molar-refractivity contribution in [3.8, 4) is 5.75 Å².